The molecule has 0 aliphatic heterocycles. The summed E-state index contributed by atoms with van der Waals surface area (Å²) in [5.74, 6) is -1.04. The Morgan fingerprint density at radius 2 is 1.46 bits per heavy atom. The highest BCUT2D eigenvalue weighted by Crippen LogP contribution is 2.39. The van der Waals surface area contributed by atoms with Gasteiger partial charge in [-0.15, -0.1) is 0 Å². The molecule has 2 fully saturated rings. The molecule has 0 aromatic carbocycles. The minimum absolute atomic E-state index is 0.0692. The highest BCUT2D eigenvalue weighted by atomic mass is 16.6. The van der Waals surface area contributed by atoms with Crippen LogP contribution in [-0.2, 0) is 14.3 Å². The van der Waals surface area contributed by atoms with Crippen LogP contribution in [0.1, 0.15) is 91.4 Å². The molecule has 0 unspecified atom stereocenters. The zero-order valence-corrected chi connectivity index (χ0v) is 17.6. The van der Waals surface area contributed by atoms with Crippen LogP contribution >= 0.6 is 0 Å². The van der Waals surface area contributed by atoms with E-state index in [0.29, 0.717) is 19.4 Å². The normalized spacial score (nSPS) is 21.4. The van der Waals surface area contributed by atoms with Crippen molar-refractivity contribution in [3.8, 4) is 0 Å². The summed E-state index contributed by atoms with van der Waals surface area (Å²) in [5, 5.41) is 15.2. The van der Waals surface area contributed by atoms with Gasteiger partial charge in [-0.05, 0) is 51.9 Å². The molecule has 2 aliphatic carbocycles. The Balaban J connectivity index is 2.07. The molecule has 28 heavy (non-hydrogen) atoms. The number of hydrogen-bond donors (Lipinski definition) is 3. The van der Waals surface area contributed by atoms with Crippen LogP contribution in [0.15, 0.2) is 0 Å². The first-order valence-electron chi connectivity index (χ1n) is 10.6. The third-order valence-electron chi connectivity index (χ3n) is 5.95. The first kappa shape index (κ1) is 22.5. The molecule has 7 heteroatoms. The van der Waals surface area contributed by atoms with Crippen LogP contribution in [0, 0.1) is 5.41 Å². The number of carboxylic acid groups (broad SMARTS) is 1. The largest absolute Gasteiger partial charge is 0.481 e. The highest BCUT2D eigenvalue weighted by molar-refractivity contribution is 5.90. The predicted octanol–water partition coefficient (Wildman–Crippen LogP) is 3.76. The zero-order chi connectivity index (χ0) is 20.8. The molecule has 2 amide bonds. The number of amides is 2. The molecular weight excluding hydrogens is 360 g/mol. The second-order valence-corrected chi connectivity index (χ2v) is 9.58. The van der Waals surface area contributed by atoms with Gasteiger partial charge >= 0.3 is 12.1 Å². The Hall–Kier alpha value is -1.79. The number of rotatable bonds is 6. The predicted molar refractivity (Wildman–Crippen MR) is 106 cm³/mol. The average Bonchev–Trinajstić information content (AvgIpc) is 2.59. The number of carbonyl (C=O) groups is 3. The summed E-state index contributed by atoms with van der Waals surface area (Å²) in [5.41, 5.74) is -1.99. The summed E-state index contributed by atoms with van der Waals surface area (Å²) in [4.78, 5) is 36.9. The van der Waals surface area contributed by atoms with Gasteiger partial charge in [-0.1, -0.05) is 38.5 Å². The van der Waals surface area contributed by atoms with Crippen LogP contribution in [0.5, 0.6) is 0 Å². The van der Waals surface area contributed by atoms with Crippen molar-refractivity contribution >= 4 is 18.0 Å². The van der Waals surface area contributed by atoms with Gasteiger partial charge < -0.3 is 20.5 Å². The fraction of sp³-hybridized carbons (Fsp3) is 0.857. The lowest BCUT2D eigenvalue weighted by Gasteiger charge is -2.40. The number of alkyl carbamates (subject to hydrolysis) is 1. The van der Waals surface area contributed by atoms with E-state index in [9.17, 15) is 19.5 Å². The minimum Gasteiger partial charge on any atom is -0.481 e. The molecular formula is C21H36N2O5. The van der Waals surface area contributed by atoms with Gasteiger partial charge in [0.1, 0.15) is 11.1 Å². The number of aliphatic carboxylic acids is 1. The van der Waals surface area contributed by atoms with Crippen molar-refractivity contribution < 1.29 is 24.2 Å². The van der Waals surface area contributed by atoms with Crippen molar-refractivity contribution in [2.24, 2.45) is 5.41 Å². The van der Waals surface area contributed by atoms with E-state index in [0.717, 1.165) is 51.4 Å². The molecule has 0 spiro atoms. The first-order chi connectivity index (χ1) is 13.1. The molecule has 7 nitrogen and oxygen atoms in total. The van der Waals surface area contributed by atoms with E-state index < -0.39 is 23.2 Å². The molecule has 0 heterocycles. The maximum absolute atomic E-state index is 13.2. The molecule has 2 rings (SSSR count). The van der Waals surface area contributed by atoms with Gasteiger partial charge in [-0.3, -0.25) is 9.59 Å². The summed E-state index contributed by atoms with van der Waals surface area (Å²) in [6.07, 6.45) is 8.11. The smallest absolute Gasteiger partial charge is 0.408 e. The SMILES string of the molecule is CC(C)(C)OC(=O)NC1(C(=O)NCC2(CC(=O)O)CCCCC2)CCCCC1. The Morgan fingerprint density at radius 1 is 0.929 bits per heavy atom. The molecule has 0 saturated heterocycles. The van der Waals surface area contributed by atoms with Crippen molar-refractivity contribution in [2.75, 3.05) is 6.54 Å². The number of ether oxygens (including phenoxy) is 1. The maximum Gasteiger partial charge on any atom is 0.408 e. The van der Waals surface area contributed by atoms with E-state index >= 15 is 0 Å². The lowest BCUT2D eigenvalue weighted by atomic mass is 9.71. The van der Waals surface area contributed by atoms with Gasteiger partial charge in [0, 0.05) is 6.54 Å². The fourth-order valence-corrected chi connectivity index (χ4v) is 4.54. The van der Waals surface area contributed by atoms with Crippen molar-refractivity contribution in [1.82, 2.24) is 10.6 Å². The minimum atomic E-state index is -0.973. The quantitative estimate of drug-likeness (QED) is 0.634. The molecule has 0 bridgehead atoms. The van der Waals surface area contributed by atoms with E-state index in [1.54, 1.807) is 20.8 Å². The van der Waals surface area contributed by atoms with Crippen LogP contribution in [-0.4, -0.2) is 40.8 Å². The molecule has 0 aromatic heterocycles. The number of hydrogen-bond acceptors (Lipinski definition) is 4. The lowest BCUT2D eigenvalue weighted by molar-refractivity contribution is -0.141. The Bertz CT molecular complexity index is 570. The fourth-order valence-electron chi connectivity index (χ4n) is 4.54. The van der Waals surface area contributed by atoms with Gasteiger partial charge in [0.15, 0.2) is 0 Å². The van der Waals surface area contributed by atoms with Gasteiger partial charge in [-0.2, -0.15) is 0 Å². The third-order valence-corrected chi connectivity index (χ3v) is 5.95. The summed E-state index contributed by atoms with van der Waals surface area (Å²) >= 11 is 0. The second-order valence-electron chi connectivity index (χ2n) is 9.58. The number of nitrogens with one attached hydrogen (secondary N) is 2. The van der Waals surface area contributed by atoms with E-state index in [1.807, 2.05) is 0 Å². The van der Waals surface area contributed by atoms with Crippen molar-refractivity contribution in [3.05, 3.63) is 0 Å². The third kappa shape index (κ3) is 6.38. The van der Waals surface area contributed by atoms with E-state index in [1.165, 1.54) is 0 Å². The summed E-state index contributed by atoms with van der Waals surface area (Å²) in [6, 6.07) is 0. The molecule has 0 atom stereocenters. The molecule has 160 valence electrons. The van der Waals surface area contributed by atoms with Crippen molar-refractivity contribution in [1.29, 1.82) is 0 Å². The summed E-state index contributed by atoms with van der Waals surface area (Å²) in [7, 11) is 0. The standard InChI is InChI=1S/C21H36N2O5/c1-19(2,3)28-18(27)23-21(12-8-5-9-13-21)17(26)22-15-20(14-16(24)25)10-6-4-7-11-20/h4-15H2,1-3H3,(H,22,26)(H,23,27)(H,24,25). The summed E-state index contributed by atoms with van der Waals surface area (Å²) < 4.78 is 5.37. The van der Waals surface area contributed by atoms with Crippen LogP contribution in [0.2, 0.25) is 0 Å². The Morgan fingerprint density at radius 3 is 1.96 bits per heavy atom. The highest BCUT2D eigenvalue weighted by Gasteiger charge is 2.43. The molecule has 3 N–H and O–H groups in total. The second kappa shape index (κ2) is 9.14. The van der Waals surface area contributed by atoms with E-state index in [4.69, 9.17) is 4.74 Å². The van der Waals surface area contributed by atoms with Gasteiger partial charge in [0.05, 0.1) is 6.42 Å². The van der Waals surface area contributed by atoms with Crippen molar-refractivity contribution in [3.63, 3.8) is 0 Å². The number of carbonyl (C=O) groups excluding carboxylic acids is 2. The summed E-state index contributed by atoms with van der Waals surface area (Å²) in [6.45, 7) is 5.71. The van der Waals surface area contributed by atoms with Gasteiger partial charge in [0.25, 0.3) is 0 Å². The van der Waals surface area contributed by atoms with E-state index in [2.05, 4.69) is 10.6 Å². The Labute approximate surface area is 168 Å². The topological polar surface area (TPSA) is 105 Å². The number of carboxylic acids is 1. The van der Waals surface area contributed by atoms with Crippen molar-refractivity contribution in [2.45, 2.75) is 103 Å². The lowest BCUT2D eigenvalue weighted by Crippen LogP contribution is -2.61. The van der Waals surface area contributed by atoms with Crippen LogP contribution in [0.3, 0.4) is 0 Å². The molecule has 2 saturated carbocycles. The first-order valence-corrected chi connectivity index (χ1v) is 10.6. The molecule has 0 aromatic rings. The zero-order valence-electron chi connectivity index (χ0n) is 17.6. The van der Waals surface area contributed by atoms with E-state index in [-0.39, 0.29) is 17.7 Å². The van der Waals surface area contributed by atoms with Crippen LogP contribution in [0.25, 0.3) is 0 Å². The average molecular weight is 397 g/mol. The molecule has 0 radical (unpaired) electrons. The van der Waals surface area contributed by atoms with Gasteiger partial charge in [0.2, 0.25) is 5.91 Å². The molecule has 2 aliphatic rings. The van der Waals surface area contributed by atoms with Gasteiger partial charge in [-0.25, -0.2) is 4.79 Å². The van der Waals surface area contributed by atoms with Crippen LogP contribution in [0.4, 0.5) is 4.79 Å². The van der Waals surface area contributed by atoms with Crippen LogP contribution < -0.4 is 10.6 Å². The monoisotopic (exact) mass is 396 g/mol. The maximum atomic E-state index is 13.2. The Kier molecular flexibility index (Phi) is 7.34.